The number of fused-ring (bicyclic) bond motifs is 1. The number of oxime groups is 1. The number of alkyl halides is 2. The van der Waals surface area contributed by atoms with E-state index < -0.39 is 47.1 Å². The molecule has 2 atom stereocenters. The number of carbonyl (C=O) groups excluding carboxylic acids is 2. The summed E-state index contributed by atoms with van der Waals surface area (Å²) in [5.41, 5.74) is 1.26. The second-order valence-electron chi connectivity index (χ2n) is 11.2. The van der Waals surface area contributed by atoms with Crippen molar-refractivity contribution in [2.45, 2.75) is 23.6 Å². The number of carbonyl (C=O) groups is 3. The van der Waals surface area contributed by atoms with Gasteiger partial charge in [0.15, 0.2) is 10.8 Å². The first-order valence-corrected chi connectivity index (χ1v) is 18.5. The number of nitrogens with one attached hydrogen (secondary N) is 2. The molecule has 3 heterocycles. The van der Waals surface area contributed by atoms with Gasteiger partial charge in [0.1, 0.15) is 28.3 Å². The second kappa shape index (κ2) is 16.2. The summed E-state index contributed by atoms with van der Waals surface area (Å²) in [6, 6.07) is 29.7. The molecule has 0 spiro atoms. The lowest BCUT2D eigenvalue weighted by atomic mass is 9.77. The van der Waals surface area contributed by atoms with Crippen molar-refractivity contribution in [3.8, 4) is 6.07 Å². The number of nitriles is 1. The third kappa shape index (κ3) is 7.42. The fourth-order valence-electron chi connectivity index (χ4n) is 5.91. The Hall–Kier alpha value is -5.50. The predicted octanol–water partition coefficient (Wildman–Crippen LogP) is 6.00. The maximum absolute atomic E-state index is 13.7. The summed E-state index contributed by atoms with van der Waals surface area (Å²) in [5.74, 6) is -2.52. The summed E-state index contributed by atoms with van der Waals surface area (Å²) in [6.07, 6.45) is 1.26. The topological polar surface area (TPSA) is 157 Å². The number of halogens is 2. The third-order valence-corrected chi connectivity index (χ3v) is 11.1. The van der Waals surface area contributed by atoms with Crippen LogP contribution in [0.1, 0.15) is 22.4 Å². The Balaban J connectivity index is 1.29. The van der Waals surface area contributed by atoms with Crippen molar-refractivity contribution in [1.29, 1.82) is 5.26 Å². The fourth-order valence-corrected chi connectivity index (χ4v) is 8.83. The number of allylic oxidation sites excluding steroid dienone is 1. The summed E-state index contributed by atoms with van der Waals surface area (Å²) < 4.78 is 26.5. The Morgan fingerprint density at radius 1 is 1.08 bits per heavy atom. The molecule has 3 N–H and O–H groups in total. The number of hydrogen-bond acceptors (Lipinski definition) is 11. The Morgan fingerprint density at radius 2 is 1.67 bits per heavy atom. The van der Waals surface area contributed by atoms with Crippen molar-refractivity contribution in [3.63, 3.8) is 0 Å². The number of benzene rings is 3. The summed E-state index contributed by atoms with van der Waals surface area (Å²) in [7, 11) is 0. The zero-order valence-corrected chi connectivity index (χ0v) is 29.3. The molecule has 11 nitrogen and oxygen atoms in total. The SMILES string of the molecule is N#C/C=C\SCC1=C(C(=O)O)N2C(=O)C(NC(=O)/C(=N/OC(F)F)c3csc(NC(c4ccccc4)(c4ccccc4)c4ccccc4)n3)[C@H]2SC1. The predicted molar refractivity (Wildman–Crippen MR) is 195 cm³/mol. The van der Waals surface area contributed by atoms with Crippen molar-refractivity contribution in [2.24, 2.45) is 5.16 Å². The number of thiazole rings is 1. The molecular formula is C36H28F2N6O5S3. The number of thioether (sulfide) groups is 2. The van der Waals surface area contributed by atoms with E-state index in [1.807, 2.05) is 97.1 Å². The van der Waals surface area contributed by atoms with Crippen LogP contribution < -0.4 is 10.6 Å². The van der Waals surface area contributed by atoms with Gasteiger partial charge in [-0.25, -0.2) is 9.78 Å². The number of hydrogen-bond donors (Lipinski definition) is 3. The molecule has 1 aromatic heterocycles. The molecule has 1 saturated heterocycles. The summed E-state index contributed by atoms with van der Waals surface area (Å²) in [6.45, 7) is -3.35. The molecule has 2 aliphatic rings. The largest absolute Gasteiger partial charge is 0.477 e. The number of aliphatic carboxylic acids is 1. The average Bonchev–Trinajstić information content (AvgIpc) is 3.63. The first-order chi connectivity index (χ1) is 25.2. The molecule has 0 saturated carbocycles. The first kappa shape index (κ1) is 36.3. The van der Waals surface area contributed by atoms with E-state index in [1.165, 1.54) is 40.4 Å². The molecule has 1 unspecified atom stereocenters. The number of nitrogens with zero attached hydrogens (tertiary/aromatic N) is 4. The number of carboxylic acids is 1. The number of anilines is 1. The highest BCUT2D eigenvalue weighted by Gasteiger charge is 2.54. The Labute approximate surface area is 309 Å². The molecule has 6 rings (SSSR count). The molecule has 52 heavy (non-hydrogen) atoms. The third-order valence-electron chi connectivity index (χ3n) is 8.13. The van der Waals surface area contributed by atoms with E-state index in [2.05, 4.69) is 25.6 Å². The van der Waals surface area contributed by atoms with Gasteiger partial charge in [0, 0.05) is 23.0 Å². The van der Waals surface area contributed by atoms with Gasteiger partial charge in [0.05, 0.1) is 6.07 Å². The van der Waals surface area contributed by atoms with Gasteiger partial charge >= 0.3 is 12.6 Å². The van der Waals surface area contributed by atoms with Gasteiger partial charge in [0.25, 0.3) is 11.8 Å². The van der Waals surface area contributed by atoms with Gasteiger partial charge in [-0.1, -0.05) is 96.2 Å². The van der Waals surface area contributed by atoms with Crippen LogP contribution >= 0.6 is 34.9 Å². The van der Waals surface area contributed by atoms with Crippen LogP contribution in [0.5, 0.6) is 0 Å². The van der Waals surface area contributed by atoms with E-state index in [-0.39, 0.29) is 22.9 Å². The van der Waals surface area contributed by atoms with Crippen molar-refractivity contribution >= 4 is 63.5 Å². The fraction of sp³-hybridized carbons (Fsp3) is 0.167. The minimum Gasteiger partial charge on any atom is -0.477 e. The minimum absolute atomic E-state index is 0.0930. The lowest BCUT2D eigenvalue weighted by molar-refractivity contribution is -0.150. The molecule has 3 aromatic carbocycles. The summed E-state index contributed by atoms with van der Waals surface area (Å²) >= 11 is 3.56. The van der Waals surface area contributed by atoms with Gasteiger partial charge in [-0.3, -0.25) is 14.5 Å². The van der Waals surface area contributed by atoms with E-state index in [0.717, 1.165) is 32.9 Å². The van der Waals surface area contributed by atoms with E-state index >= 15 is 0 Å². The quantitative estimate of drug-likeness (QED) is 0.0458. The molecule has 0 aliphatic carbocycles. The molecule has 1 fully saturated rings. The highest BCUT2D eigenvalue weighted by molar-refractivity contribution is 8.02. The average molecular weight is 759 g/mol. The monoisotopic (exact) mass is 758 g/mol. The van der Waals surface area contributed by atoms with Crippen LogP contribution in [0.3, 0.4) is 0 Å². The highest BCUT2D eigenvalue weighted by Crippen LogP contribution is 2.42. The van der Waals surface area contributed by atoms with Gasteiger partial charge in [0.2, 0.25) is 0 Å². The highest BCUT2D eigenvalue weighted by atomic mass is 32.2. The lowest BCUT2D eigenvalue weighted by Gasteiger charge is -2.49. The van der Waals surface area contributed by atoms with Gasteiger partial charge in [-0.05, 0) is 27.7 Å². The van der Waals surface area contributed by atoms with E-state index in [9.17, 15) is 28.3 Å². The van der Waals surface area contributed by atoms with Crippen LogP contribution in [0, 0.1) is 11.3 Å². The van der Waals surface area contributed by atoms with Crippen molar-refractivity contribution < 1.29 is 33.1 Å². The van der Waals surface area contributed by atoms with Crippen molar-refractivity contribution in [1.82, 2.24) is 15.2 Å². The minimum atomic E-state index is -3.35. The van der Waals surface area contributed by atoms with E-state index in [0.29, 0.717) is 10.7 Å². The van der Waals surface area contributed by atoms with Crippen molar-refractivity contribution in [2.75, 3.05) is 16.8 Å². The Bertz CT molecular complexity index is 1980. The van der Waals surface area contributed by atoms with Crippen LogP contribution in [0.25, 0.3) is 0 Å². The Morgan fingerprint density at radius 3 is 2.21 bits per heavy atom. The zero-order valence-electron chi connectivity index (χ0n) is 26.9. The number of rotatable bonds is 14. The molecule has 2 amide bonds. The smallest absolute Gasteiger partial charge is 0.407 e. The number of β-lactam (4-membered cyclic amide) rings is 1. The Kier molecular flexibility index (Phi) is 11.3. The maximum Gasteiger partial charge on any atom is 0.407 e. The molecule has 264 valence electrons. The van der Waals surface area contributed by atoms with Crippen LogP contribution in [0.4, 0.5) is 13.9 Å². The van der Waals surface area contributed by atoms with Crippen LogP contribution in [-0.4, -0.2) is 68.0 Å². The summed E-state index contributed by atoms with van der Waals surface area (Å²) in [4.78, 5) is 49.0. The van der Waals surface area contributed by atoms with Crippen LogP contribution in [0.2, 0.25) is 0 Å². The molecule has 0 radical (unpaired) electrons. The standard InChI is InChI=1S/C36H28F2N6O5S3/c37-34(38)49-43-27(30(45)41-28-31(46)44-29(33(47)48)22(20-51-32(28)44)19-50-18-10-17-39)26-21-52-35(40-26)42-36(23-11-4-1-5-12-23,24-13-6-2-7-14-24)25-15-8-3-9-16-25/h1-16,18,21,28,32,34H,19-20H2,(H,40,42)(H,41,45)(H,47,48)/b18-10-,43-27+/t28?,32-/m1/s1. The zero-order chi connectivity index (χ0) is 36.7. The number of carboxylic acid groups (broad SMARTS) is 1. The molecule has 2 aliphatic heterocycles. The van der Waals surface area contributed by atoms with E-state index in [4.69, 9.17) is 5.26 Å². The van der Waals surface area contributed by atoms with Gasteiger partial charge in [-0.15, -0.1) is 34.9 Å². The molecule has 4 aromatic rings. The summed E-state index contributed by atoms with van der Waals surface area (Å²) in [5, 5.41) is 30.7. The number of aromatic nitrogens is 1. The lowest BCUT2D eigenvalue weighted by Crippen LogP contribution is -2.71. The molecule has 0 bridgehead atoms. The number of amides is 2. The first-order valence-electron chi connectivity index (χ1n) is 15.5. The normalized spacial score (nSPS) is 17.4. The van der Waals surface area contributed by atoms with E-state index in [1.54, 1.807) is 0 Å². The van der Waals surface area contributed by atoms with Crippen LogP contribution in [-0.2, 0) is 24.8 Å². The van der Waals surface area contributed by atoms with Crippen molar-refractivity contribution in [3.05, 3.63) is 142 Å². The van der Waals surface area contributed by atoms with Gasteiger partial charge in [-0.2, -0.15) is 14.0 Å². The molecule has 16 heteroatoms. The molecular weight excluding hydrogens is 731 g/mol. The van der Waals surface area contributed by atoms with Gasteiger partial charge < -0.3 is 20.6 Å². The maximum atomic E-state index is 13.7. The second-order valence-corrected chi connectivity index (χ2v) is 14.0. The van der Waals surface area contributed by atoms with Crippen LogP contribution in [0.15, 0.2) is 124 Å².